The van der Waals surface area contributed by atoms with Gasteiger partial charge < -0.3 is 5.32 Å². The summed E-state index contributed by atoms with van der Waals surface area (Å²) < 4.78 is 25.4. The van der Waals surface area contributed by atoms with E-state index in [1.54, 1.807) is 17.1 Å². The highest BCUT2D eigenvalue weighted by Gasteiger charge is 2.36. The summed E-state index contributed by atoms with van der Waals surface area (Å²) >= 11 is 1.53. The number of hydrogen-bond donors (Lipinski definition) is 1. The van der Waals surface area contributed by atoms with Crippen LogP contribution >= 0.6 is 11.8 Å². The summed E-state index contributed by atoms with van der Waals surface area (Å²) in [7, 11) is -3.04. The Labute approximate surface area is 150 Å². The zero-order chi connectivity index (χ0) is 17.6. The molecule has 0 aliphatic carbocycles. The molecule has 2 aliphatic heterocycles. The molecule has 0 saturated carbocycles. The molecule has 0 unspecified atom stereocenters. The van der Waals surface area contributed by atoms with Gasteiger partial charge in [0.2, 0.25) is 5.91 Å². The molecule has 4 rings (SSSR count). The number of amides is 1. The van der Waals surface area contributed by atoms with Gasteiger partial charge in [-0.1, -0.05) is 6.07 Å². The molecule has 0 spiro atoms. The van der Waals surface area contributed by atoms with Crippen LogP contribution in [-0.4, -0.2) is 46.3 Å². The van der Waals surface area contributed by atoms with Crippen molar-refractivity contribution in [2.75, 3.05) is 22.6 Å². The van der Waals surface area contributed by atoms with E-state index in [9.17, 15) is 13.2 Å². The first-order valence-electron chi connectivity index (χ1n) is 8.05. The lowest BCUT2D eigenvalue weighted by molar-refractivity contribution is -0.113. The van der Waals surface area contributed by atoms with Crippen molar-refractivity contribution in [1.29, 1.82) is 0 Å². The lowest BCUT2D eigenvalue weighted by Crippen LogP contribution is -2.20. The molecule has 1 amide bonds. The fourth-order valence-corrected chi connectivity index (χ4v) is 6.30. The zero-order valence-electron chi connectivity index (χ0n) is 13.7. The van der Waals surface area contributed by atoms with E-state index < -0.39 is 9.84 Å². The summed E-state index contributed by atoms with van der Waals surface area (Å²) in [4.78, 5) is 16.4. The number of nitrogens with one attached hydrogen (secondary N) is 1. The molecule has 132 valence electrons. The lowest BCUT2D eigenvalue weighted by atomic mass is 10.1. The number of pyridine rings is 1. The molecule has 7 nitrogen and oxygen atoms in total. The fraction of sp³-hybridized carbons (Fsp3) is 0.438. The van der Waals surface area contributed by atoms with E-state index in [4.69, 9.17) is 0 Å². The normalized spacial score (nSPS) is 25.2. The van der Waals surface area contributed by atoms with Crippen LogP contribution in [0.3, 0.4) is 0 Å². The van der Waals surface area contributed by atoms with Gasteiger partial charge in [0.25, 0.3) is 0 Å². The minimum Gasteiger partial charge on any atom is -0.310 e. The maximum atomic E-state index is 12.2. The molecule has 4 heterocycles. The number of carbonyl (C=O) groups is 1. The molecule has 0 radical (unpaired) electrons. The molecule has 2 aromatic heterocycles. The number of thioether (sulfide) groups is 1. The van der Waals surface area contributed by atoms with Gasteiger partial charge in [0, 0.05) is 18.0 Å². The third kappa shape index (κ3) is 3.06. The average molecular weight is 378 g/mol. The second-order valence-corrected chi connectivity index (χ2v) is 9.70. The van der Waals surface area contributed by atoms with Crippen LogP contribution in [0.1, 0.15) is 34.5 Å². The Morgan fingerprint density at radius 2 is 2.24 bits per heavy atom. The zero-order valence-corrected chi connectivity index (χ0v) is 15.3. The highest BCUT2D eigenvalue weighted by atomic mass is 32.2. The van der Waals surface area contributed by atoms with Crippen LogP contribution in [0.4, 0.5) is 5.82 Å². The molecule has 25 heavy (non-hydrogen) atoms. The van der Waals surface area contributed by atoms with Crippen LogP contribution < -0.4 is 5.32 Å². The van der Waals surface area contributed by atoms with Gasteiger partial charge in [-0.2, -0.15) is 5.10 Å². The summed E-state index contributed by atoms with van der Waals surface area (Å²) in [6.07, 6.45) is 4.04. The molecule has 9 heteroatoms. The van der Waals surface area contributed by atoms with Crippen LogP contribution in [-0.2, 0) is 14.6 Å². The van der Waals surface area contributed by atoms with Crippen molar-refractivity contribution in [3.63, 3.8) is 0 Å². The van der Waals surface area contributed by atoms with E-state index in [1.165, 1.54) is 11.8 Å². The highest BCUT2D eigenvalue weighted by Crippen LogP contribution is 2.44. The van der Waals surface area contributed by atoms with Crippen molar-refractivity contribution in [3.05, 3.63) is 41.3 Å². The number of hydrogen-bond acceptors (Lipinski definition) is 6. The Balaban J connectivity index is 1.82. The van der Waals surface area contributed by atoms with Crippen molar-refractivity contribution in [2.24, 2.45) is 0 Å². The molecule has 1 saturated heterocycles. The number of carbonyl (C=O) groups excluding carboxylic acids is 1. The van der Waals surface area contributed by atoms with E-state index in [0.29, 0.717) is 18.0 Å². The highest BCUT2D eigenvalue weighted by molar-refractivity contribution is 8.00. The fourth-order valence-electron chi connectivity index (χ4n) is 3.44. The van der Waals surface area contributed by atoms with Gasteiger partial charge in [-0.15, -0.1) is 11.8 Å². The van der Waals surface area contributed by atoms with Crippen LogP contribution in [0.5, 0.6) is 0 Å². The minimum absolute atomic E-state index is 0.0607. The van der Waals surface area contributed by atoms with Gasteiger partial charge in [-0.25, -0.2) is 13.1 Å². The van der Waals surface area contributed by atoms with E-state index in [2.05, 4.69) is 15.4 Å². The molecular weight excluding hydrogens is 360 g/mol. The number of rotatable bonds is 2. The Morgan fingerprint density at radius 1 is 1.40 bits per heavy atom. The van der Waals surface area contributed by atoms with E-state index in [-0.39, 0.29) is 28.7 Å². The number of aryl methyl sites for hydroxylation is 1. The Kier molecular flexibility index (Phi) is 4.07. The predicted octanol–water partition coefficient (Wildman–Crippen LogP) is 1.72. The monoisotopic (exact) mass is 378 g/mol. The number of fused-ring (bicyclic) bond motifs is 1. The SMILES string of the molecule is Cc1nn([C@@H]2CCS(=O)(=O)C2)c2c1[C@H](c1cccnc1)SCC(=O)N2. The molecule has 0 bridgehead atoms. The number of sulfone groups is 1. The van der Waals surface area contributed by atoms with Crippen LogP contribution in [0, 0.1) is 6.92 Å². The average Bonchev–Trinajstić information content (AvgIpc) is 3.03. The van der Waals surface area contributed by atoms with Crippen molar-refractivity contribution in [3.8, 4) is 0 Å². The van der Waals surface area contributed by atoms with Crippen molar-refractivity contribution in [2.45, 2.75) is 24.6 Å². The van der Waals surface area contributed by atoms with Gasteiger partial charge in [-0.05, 0) is 25.0 Å². The molecule has 2 aliphatic rings. The quantitative estimate of drug-likeness (QED) is 0.855. The van der Waals surface area contributed by atoms with Crippen molar-refractivity contribution < 1.29 is 13.2 Å². The summed E-state index contributed by atoms with van der Waals surface area (Å²) in [6, 6.07) is 3.63. The maximum Gasteiger partial charge on any atom is 0.235 e. The maximum absolute atomic E-state index is 12.2. The molecule has 1 fully saturated rings. The second kappa shape index (κ2) is 6.14. The topological polar surface area (TPSA) is 93.9 Å². The van der Waals surface area contributed by atoms with Crippen LogP contribution in [0.25, 0.3) is 0 Å². The van der Waals surface area contributed by atoms with Gasteiger partial charge in [0.05, 0.1) is 34.2 Å². The Bertz CT molecular complexity index is 924. The Hall–Kier alpha value is -1.87. The first kappa shape index (κ1) is 16.6. The first-order valence-corrected chi connectivity index (χ1v) is 10.9. The number of nitrogens with zero attached hydrogens (tertiary/aromatic N) is 3. The summed E-state index contributed by atoms with van der Waals surface area (Å²) in [6.45, 7) is 1.90. The third-order valence-electron chi connectivity index (χ3n) is 4.57. The summed E-state index contributed by atoms with van der Waals surface area (Å²) in [5, 5.41) is 7.48. The molecule has 0 aromatic carbocycles. The minimum atomic E-state index is -3.04. The van der Waals surface area contributed by atoms with Crippen molar-refractivity contribution in [1.82, 2.24) is 14.8 Å². The van der Waals surface area contributed by atoms with Gasteiger partial charge in [0.15, 0.2) is 9.84 Å². The summed E-state index contributed by atoms with van der Waals surface area (Å²) in [5.74, 6) is 1.10. The second-order valence-electron chi connectivity index (χ2n) is 6.37. The lowest BCUT2D eigenvalue weighted by Gasteiger charge is -2.16. The largest absolute Gasteiger partial charge is 0.310 e. The van der Waals surface area contributed by atoms with Gasteiger partial charge >= 0.3 is 0 Å². The van der Waals surface area contributed by atoms with E-state index >= 15 is 0 Å². The summed E-state index contributed by atoms with van der Waals surface area (Å²) in [5.41, 5.74) is 2.75. The number of anilines is 1. The standard InChI is InChI=1S/C16H18N4O3S2/c1-10-14-15(11-3-2-5-17-7-11)24-8-13(21)18-16(14)20(19-10)12-4-6-25(22,23)9-12/h2-3,5,7,12,15H,4,6,8-9H2,1H3,(H,18,21)/t12-,15+/m1/s1. The van der Waals surface area contributed by atoms with E-state index in [1.807, 2.05) is 19.1 Å². The van der Waals surface area contributed by atoms with Gasteiger partial charge in [0.1, 0.15) is 5.82 Å². The Morgan fingerprint density at radius 3 is 2.92 bits per heavy atom. The molecule has 2 atom stereocenters. The van der Waals surface area contributed by atoms with Crippen LogP contribution in [0.2, 0.25) is 0 Å². The molecular formula is C16H18N4O3S2. The first-order chi connectivity index (χ1) is 11.9. The smallest absolute Gasteiger partial charge is 0.235 e. The third-order valence-corrected chi connectivity index (χ3v) is 7.59. The molecule has 2 aromatic rings. The molecule has 1 N–H and O–H groups in total. The van der Waals surface area contributed by atoms with Crippen LogP contribution in [0.15, 0.2) is 24.5 Å². The van der Waals surface area contributed by atoms with Gasteiger partial charge in [-0.3, -0.25) is 9.78 Å². The number of aromatic nitrogens is 3. The predicted molar refractivity (Wildman–Crippen MR) is 96.4 cm³/mol. The van der Waals surface area contributed by atoms with Crippen molar-refractivity contribution >= 4 is 33.3 Å². The van der Waals surface area contributed by atoms with E-state index in [0.717, 1.165) is 16.8 Å².